The van der Waals surface area contributed by atoms with Gasteiger partial charge in [-0.3, -0.25) is 0 Å². The Balaban J connectivity index is 2.32. The molecule has 0 spiro atoms. The standard InChI is InChI=1S/C13H26O2S/c1-5-6-7-16(14,15)10-11-8-12(9-11)13(2,3)4/h11-12H,5-10H2,1-4H3. The van der Waals surface area contributed by atoms with Gasteiger partial charge in [0.05, 0.1) is 11.5 Å². The molecule has 0 aromatic heterocycles. The second kappa shape index (κ2) is 5.07. The lowest BCUT2D eigenvalue weighted by atomic mass is 9.64. The molecule has 0 aromatic rings. The van der Waals surface area contributed by atoms with Crippen LogP contribution in [0.2, 0.25) is 0 Å². The van der Waals surface area contributed by atoms with Crippen LogP contribution < -0.4 is 0 Å². The summed E-state index contributed by atoms with van der Waals surface area (Å²) in [5, 5.41) is 0. The summed E-state index contributed by atoms with van der Waals surface area (Å²) in [5.41, 5.74) is 0.351. The summed E-state index contributed by atoms with van der Waals surface area (Å²) in [6, 6.07) is 0. The van der Waals surface area contributed by atoms with E-state index in [1.54, 1.807) is 0 Å². The van der Waals surface area contributed by atoms with Gasteiger partial charge >= 0.3 is 0 Å². The molecule has 3 heteroatoms. The van der Waals surface area contributed by atoms with Gasteiger partial charge in [-0.1, -0.05) is 34.1 Å². The number of sulfone groups is 1. The van der Waals surface area contributed by atoms with Crippen molar-refractivity contribution in [3.63, 3.8) is 0 Å². The van der Waals surface area contributed by atoms with Gasteiger partial charge in [-0.25, -0.2) is 8.42 Å². The summed E-state index contributed by atoms with van der Waals surface area (Å²) in [4.78, 5) is 0. The molecule has 0 radical (unpaired) electrons. The monoisotopic (exact) mass is 246 g/mol. The first-order valence-electron chi connectivity index (χ1n) is 6.45. The predicted molar refractivity (Wildman–Crippen MR) is 69.2 cm³/mol. The Hall–Kier alpha value is -0.0500. The van der Waals surface area contributed by atoms with Crippen molar-refractivity contribution >= 4 is 9.84 Å². The Kier molecular flexibility index (Phi) is 4.44. The van der Waals surface area contributed by atoms with Gasteiger partial charge in [-0.2, -0.15) is 0 Å². The average Bonchev–Trinajstić information content (AvgIpc) is 2.05. The molecule has 96 valence electrons. The highest BCUT2D eigenvalue weighted by molar-refractivity contribution is 7.91. The van der Waals surface area contributed by atoms with Crippen molar-refractivity contribution in [2.45, 2.75) is 53.4 Å². The van der Waals surface area contributed by atoms with Crippen LogP contribution in [0.25, 0.3) is 0 Å². The highest BCUT2D eigenvalue weighted by Gasteiger charge is 2.38. The SMILES string of the molecule is CCCCS(=O)(=O)CC1CC(C(C)(C)C)C1. The second-order valence-electron chi connectivity index (χ2n) is 6.37. The molecule has 0 heterocycles. The molecule has 1 aliphatic rings. The van der Waals surface area contributed by atoms with Gasteiger partial charge < -0.3 is 0 Å². The van der Waals surface area contributed by atoms with Crippen LogP contribution in [0.5, 0.6) is 0 Å². The molecule has 1 saturated carbocycles. The molecule has 0 N–H and O–H groups in total. The number of unbranched alkanes of at least 4 members (excludes halogenated alkanes) is 1. The molecule has 0 aromatic carbocycles. The summed E-state index contributed by atoms with van der Waals surface area (Å²) in [7, 11) is -2.77. The van der Waals surface area contributed by atoms with Gasteiger partial charge in [-0.05, 0) is 36.5 Å². The van der Waals surface area contributed by atoms with Crippen molar-refractivity contribution in [1.29, 1.82) is 0 Å². The Morgan fingerprint density at radius 1 is 1.19 bits per heavy atom. The number of rotatable bonds is 5. The van der Waals surface area contributed by atoms with Gasteiger partial charge in [0.2, 0.25) is 0 Å². The lowest BCUT2D eigenvalue weighted by molar-refractivity contribution is 0.0879. The van der Waals surface area contributed by atoms with Crippen LogP contribution in [0.1, 0.15) is 53.4 Å². The third kappa shape index (κ3) is 4.08. The second-order valence-corrected chi connectivity index (χ2v) is 8.60. The summed E-state index contributed by atoms with van der Waals surface area (Å²) in [6.45, 7) is 8.78. The lowest BCUT2D eigenvalue weighted by Crippen LogP contribution is -2.37. The fourth-order valence-corrected chi connectivity index (χ4v) is 4.27. The zero-order valence-corrected chi connectivity index (χ0v) is 11.9. The van der Waals surface area contributed by atoms with Crippen molar-refractivity contribution in [2.75, 3.05) is 11.5 Å². The first-order valence-corrected chi connectivity index (χ1v) is 8.27. The largest absolute Gasteiger partial charge is 0.229 e. The van der Waals surface area contributed by atoms with Gasteiger partial charge in [0, 0.05) is 0 Å². The maximum Gasteiger partial charge on any atom is 0.150 e. The maximum atomic E-state index is 11.7. The van der Waals surface area contributed by atoms with Crippen molar-refractivity contribution in [3.8, 4) is 0 Å². The van der Waals surface area contributed by atoms with E-state index in [0.29, 0.717) is 22.8 Å². The van der Waals surface area contributed by atoms with Crippen LogP contribution in [-0.4, -0.2) is 19.9 Å². The Morgan fingerprint density at radius 3 is 2.19 bits per heavy atom. The van der Waals surface area contributed by atoms with E-state index in [9.17, 15) is 8.42 Å². The summed E-state index contributed by atoms with van der Waals surface area (Å²) < 4.78 is 23.5. The van der Waals surface area contributed by atoms with Crippen molar-refractivity contribution in [3.05, 3.63) is 0 Å². The lowest BCUT2D eigenvalue weighted by Gasteiger charge is -2.43. The van der Waals surface area contributed by atoms with Crippen molar-refractivity contribution in [2.24, 2.45) is 17.3 Å². The van der Waals surface area contributed by atoms with E-state index >= 15 is 0 Å². The van der Waals surface area contributed by atoms with Crippen LogP contribution in [0.4, 0.5) is 0 Å². The first kappa shape index (κ1) is 14.0. The van der Waals surface area contributed by atoms with Gasteiger partial charge in [0.15, 0.2) is 9.84 Å². The van der Waals surface area contributed by atoms with E-state index in [4.69, 9.17) is 0 Å². The van der Waals surface area contributed by atoms with E-state index in [-0.39, 0.29) is 0 Å². The van der Waals surface area contributed by atoms with Crippen LogP contribution in [0.15, 0.2) is 0 Å². The highest BCUT2D eigenvalue weighted by Crippen LogP contribution is 2.45. The third-order valence-electron chi connectivity index (χ3n) is 3.76. The van der Waals surface area contributed by atoms with Crippen LogP contribution in [-0.2, 0) is 9.84 Å². The molecule has 0 amide bonds. The Labute approximate surface area is 101 Å². The molecule has 2 nitrogen and oxygen atoms in total. The summed E-state index contributed by atoms with van der Waals surface area (Å²) >= 11 is 0. The number of hydrogen-bond donors (Lipinski definition) is 0. The molecule has 1 fully saturated rings. The van der Waals surface area contributed by atoms with Crippen molar-refractivity contribution < 1.29 is 8.42 Å². The van der Waals surface area contributed by atoms with Crippen LogP contribution >= 0.6 is 0 Å². The molecule has 16 heavy (non-hydrogen) atoms. The topological polar surface area (TPSA) is 34.1 Å². The Morgan fingerprint density at radius 2 is 1.75 bits per heavy atom. The normalized spacial score (nSPS) is 26.5. The average molecular weight is 246 g/mol. The fourth-order valence-electron chi connectivity index (χ4n) is 2.39. The van der Waals surface area contributed by atoms with E-state index in [1.165, 1.54) is 0 Å². The minimum atomic E-state index is -2.77. The molecule has 0 saturated heterocycles. The van der Waals surface area contributed by atoms with E-state index < -0.39 is 9.84 Å². The molecular formula is C13H26O2S. The fraction of sp³-hybridized carbons (Fsp3) is 1.00. The summed E-state index contributed by atoms with van der Waals surface area (Å²) in [5.74, 6) is 1.98. The zero-order valence-electron chi connectivity index (χ0n) is 11.1. The first-order chi connectivity index (χ1) is 7.24. The molecular weight excluding hydrogens is 220 g/mol. The summed E-state index contributed by atoms with van der Waals surface area (Å²) in [6.07, 6.45) is 4.00. The maximum absolute atomic E-state index is 11.7. The van der Waals surface area contributed by atoms with E-state index in [1.807, 2.05) is 6.92 Å². The molecule has 0 bridgehead atoms. The van der Waals surface area contributed by atoms with Crippen LogP contribution in [0.3, 0.4) is 0 Å². The smallest absolute Gasteiger partial charge is 0.150 e. The quantitative estimate of drug-likeness (QED) is 0.746. The number of hydrogen-bond acceptors (Lipinski definition) is 2. The minimum Gasteiger partial charge on any atom is -0.229 e. The third-order valence-corrected chi connectivity index (χ3v) is 5.65. The molecule has 1 rings (SSSR count). The van der Waals surface area contributed by atoms with Crippen molar-refractivity contribution in [1.82, 2.24) is 0 Å². The Bertz CT molecular complexity index is 305. The van der Waals surface area contributed by atoms with E-state index in [0.717, 1.165) is 31.6 Å². The van der Waals surface area contributed by atoms with E-state index in [2.05, 4.69) is 20.8 Å². The minimum absolute atomic E-state index is 0.351. The van der Waals surface area contributed by atoms with Gasteiger partial charge in [0.25, 0.3) is 0 Å². The zero-order chi connectivity index (χ0) is 12.4. The van der Waals surface area contributed by atoms with Gasteiger partial charge in [0.1, 0.15) is 0 Å². The molecule has 0 atom stereocenters. The molecule has 1 aliphatic carbocycles. The van der Waals surface area contributed by atoms with Gasteiger partial charge in [-0.15, -0.1) is 0 Å². The molecule has 0 aliphatic heterocycles. The predicted octanol–water partition coefficient (Wildman–Crippen LogP) is 3.27. The van der Waals surface area contributed by atoms with Crippen LogP contribution in [0, 0.1) is 17.3 Å². The highest BCUT2D eigenvalue weighted by atomic mass is 32.2. The molecule has 0 unspecified atom stereocenters.